The molecule has 1 aromatic carbocycles. The maximum Gasteiger partial charge on any atom is 0.148 e. The first kappa shape index (κ1) is 14.8. The van der Waals surface area contributed by atoms with Gasteiger partial charge >= 0.3 is 0 Å². The van der Waals surface area contributed by atoms with Crippen molar-refractivity contribution in [3.05, 3.63) is 71.5 Å². The van der Waals surface area contributed by atoms with Gasteiger partial charge in [0.25, 0.3) is 0 Å². The van der Waals surface area contributed by atoms with Crippen LogP contribution in [-0.2, 0) is 0 Å². The molecule has 4 nitrogen and oxygen atoms in total. The molecule has 24 heavy (non-hydrogen) atoms. The number of aromatic nitrogens is 4. The molecule has 3 aromatic heterocycles. The number of imidazole rings is 1. The van der Waals surface area contributed by atoms with Gasteiger partial charge < -0.3 is 0 Å². The van der Waals surface area contributed by atoms with E-state index in [9.17, 15) is 0 Å². The zero-order valence-corrected chi connectivity index (χ0v) is 14.1. The minimum absolute atomic E-state index is 0.753. The quantitative estimate of drug-likeness (QED) is 0.532. The van der Waals surface area contributed by atoms with E-state index in [1.165, 1.54) is 0 Å². The predicted molar refractivity (Wildman–Crippen MR) is 96.1 cm³/mol. The van der Waals surface area contributed by atoms with E-state index >= 15 is 0 Å². The van der Waals surface area contributed by atoms with E-state index in [0.29, 0.717) is 0 Å². The Balaban J connectivity index is 2.10. The number of nitrogens with zero attached hydrogens (tertiary/aromatic N) is 4. The van der Waals surface area contributed by atoms with E-state index in [1.807, 2.05) is 48.7 Å². The third kappa shape index (κ3) is 2.36. The molecule has 0 fully saturated rings. The second-order valence-corrected chi connectivity index (χ2v) is 6.11. The standard InChI is InChI=1S/C19H15ClN4/c1-12-11-15(3-4-16(12)20)17-18(14-5-7-21-8-6-14)23-13(2)24-10-9-22-19(17)24/h3-11H,1-2H3. The molecule has 0 unspecified atom stereocenters. The summed E-state index contributed by atoms with van der Waals surface area (Å²) in [6.07, 6.45) is 7.28. The molecule has 4 rings (SSSR count). The van der Waals surface area contributed by atoms with Crippen LogP contribution in [-0.4, -0.2) is 19.4 Å². The first-order valence-corrected chi connectivity index (χ1v) is 8.03. The maximum atomic E-state index is 6.20. The molecule has 5 heteroatoms. The fraction of sp³-hybridized carbons (Fsp3) is 0.105. The molecule has 4 aromatic rings. The lowest BCUT2D eigenvalue weighted by molar-refractivity contribution is 0.994. The minimum atomic E-state index is 0.753. The average Bonchev–Trinajstić information content (AvgIpc) is 3.08. The monoisotopic (exact) mass is 334 g/mol. The lowest BCUT2D eigenvalue weighted by atomic mass is 9.99. The smallest absolute Gasteiger partial charge is 0.148 e. The summed E-state index contributed by atoms with van der Waals surface area (Å²) in [5, 5.41) is 0.753. The molecule has 0 aliphatic carbocycles. The van der Waals surface area contributed by atoms with Crippen molar-refractivity contribution in [1.29, 1.82) is 0 Å². The topological polar surface area (TPSA) is 43.1 Å². The summed E-state index contributed by atoms with van der Waals surface area (Å²) in [6, 6.07) is 9.94. The first-order valence-electron chi connectivity index (χ1n) is 7.66. The van der Waals surface area contributed by atoms with E-state index in [2.05, 4.69) is 16.0 Å². The Kier molecular flexibility index (Phi) is 3.54. The highest BCUT2D eigenvalue weighted by molar-refractivity contribution is 6.31. The lowest BCUT2D eigenvalue weighted by Gasteiger charge is -2.14. The van der Waals surface area contributed by atoms with Crippen LogP contribution in [0.15, 0.2) is 55.1 Å². The number of benzene rings is 1. The molecular weight excluding hydrogens is 320 g/mol. The Morgan fingerprint density at radius 3 is 2.50 bits per heavy atom. The van der Waals surface area contributed by atoms with E-state index in [0.717, 1.165) is 44.4 Å². The van der Waals surface area contributed by atoms with Crippen LogP contribution >= 0.6 is 11.6 Å². The summed E-state index contributed by atoms with van der Waals surface area (Å²) >= 11 is 6.20. The number of hydrogen-bond acceptors (Lipinski definition) is 3. The molecule has 0 bridgehead atoms. The molecule has 0 amide bonds. The number of fused-ring (bicyclic) bond motifs is 1. The van der Waals surface area contributed by atoms with Crippen molar-refractivity contribution in [2.24, 2.45) is 0 Å². The van der Waals surface area contributed by atoms with E-state index in [4.69, 9.17) is 16.6 Å². The highest BCUT2D eigenvalue weighted by Gasteiger charge is 2.17. The summed E-state index contributed by atoms with van der Waals surface area (Å²) in [5.74, 6) is 0.892. The van der Waals surface area contributed by atoms with Gasteiger partial charge in [-0.3, -0.25) is 9.38 Å². The van der Waals surface area contributed by atoms with Gasteiger partial charge in [0.2, 0.25) is 0 Å². The Bertz CT molecular complexity index is 1040. The van der Waals surface area contributed by atoms with Crippen LogP contribution < -0.4 is 0 Å². The van der Waals surface area contributed by atoms with Crippen molar-refractivity contribution in [2.75, 3.05) is 0 Å². The molecule has 0 N–H and O–H groups in total. The van der Waals surface area contributed by atoms with Crippen molar-refractivity contribution >= 4 is 17.2 Å². The van der Waals surface area contributed by atoms with E-state index in [1.54, 1.807) is 18.6 Å². The Morgan fingerprint density at radius 1 is 0.958 bits per heavy atom. The molecule has 0 aliphatic heterocycles. The second-order valence-electron chi connectivity index (χ2n) is 5.70. The molecule has 118 valence electrons. The van der Waals surface area contributed by atoms with Crippen LogP contribution in [0.3, 0.4) is 0 Å². The number of aryl methyl sites for hydroxylation is 2. The summed E-state index contributed by atoms with van der Waals surface area (Å²) in [5.41, 5.74) is 5.87. The summed E-state index contributed by atoms with van der Waals surface area (Å²) in [6.45, 7) is 3.98. The van der Waals surface area contributed by atoms with Gasteiger partial charge in [-0.2, -0.15) is 0 Å². The van der Waals surface area contributed by atoms with Crippen LogP contribution in [0.1, 0.15) is 11.4 Å². The van der Waals surface area contributed by atoms with Gasteiger partial charge in [-0.15, -0.1) is 0 Å². The summed E-state index contributed by atoms with van der Waals surface area (Å²) in [4.78, 5) is 13.5. The molecule has 0 saturated carbocycles. The molecule has 3 heterocycles. The average molecular weight is 335 g/mol. The van der Waals surface area contributed by atoms with Gasteiger partial charge in [-0.1, -0.05) is 17.7 Å². The van der Waals surface area contributed by atoms with Gasteiger partial charge in [-0.05, 0) is 49.2 Å². The molecule has 0 atom stereocenters. The van der Waals surface area contributed by atoms with Crippen LogP contribution in [0.25, 0.3) is 28.0 Å². The minimum Gasteiger partial charge on any atom is -0.288 e. The number of halogens is 1. The van der Waals surface area contributed by atoms with Crippen molar-refractivity contribution < 1.29 is 0 Å². The third-order valence-corrected chi connectivity index (χ3v) is 4.55. The first-order chi connectivity index (χ1) is 11.6. The van der Waals surface area contributed by atoms with Crippen molar-refractivity contribution in [2.45, 2.75) is 13.8 Å². The molecule has 0 saturated heterocycles. The lowest BCUT2D eigenvalue weighted by Crippen LogP contribution is -2.01. The highest BCUT2D eigenvalue weighted by Crippen LogP contribution is 2.35. The molecule has 0 aliphatic rings. The Morgan fingerprint density at radius 2 is 1.75 bits per heavy atom. The highest BCUT2D eigenvalue weighted by atomic mass is 35.5. The summed E-state index contributed by atoms with van der Waals surface area (Å²) in [7, 11) is 0. The number of hydrogen-bond donors (Lipinski definition) is 0. The van der Waals surface area contributed by atoms with Gasteiger partial charge in [0.15, 0.2) is 0 Å². The Hall–Kier alpha value is -2.72. The van der Waals surface area contributed by atoms with Gasteiger partial charge in [0.1, 0.15) is 11.5 Å². The van der Waals surface area contributed by atoms with E-state index < -0.39 is 0 Å². The molecule has 0 spiro atoms. The van der Waals surface area contributed by atoms with Crippen molar-refractivity contribution in [1.82, 2.24) is 19.4 Å². The second kappa shape index (κ2) is 5.73. The zero-order valence-electron chi connectivity index (χ0n) is 13.4. The van der Waals surface area contributed by atoms with Crippen LogP contribution in [0.5, 0.6) is 0 Å². The van der Waals surface area contributed by atoms with Gasteiger partial charge in [0.05, 0.1) is 11.3 Å². The largest absolute Gasteiger partial charge is 0.288 e. The predicted octanol–water partition coefficient (Wildman–Crippen LogP) is 4.73. The van der Waals surface area contributed by atoms with Crippen molar-refractivity contribution in [3.63, 3.8) is 0 Å². The number of rotatable bonds is 2. The molecule has 0 radical (unpaired) electrons. The normalized spacial score (nSPS) is 11.1. The summed E-state index contributed by atoms with van der Waals surface area (Å²) < 4.78 is 2.00. The third-order valence-electron chi connectivity index (χ3n) is 4.12. The van der Waals surface area contributed by atoms with Gasteiger partial charge in [0, 0.05) is 35.4 Å². The fourth-order valence-corrected chi connectivity index (χ4v) is 3.03. The Labute approximate surface area is 144 Å². The van der Waals surface area contributed by atoms with Crippen LogP contribution in [0.2, 0.25) is 5.02 Å². The fourth-order valence-electron chi connectivity index (χ4n) is 2.91. The zero-order chi connectivity index (χ0) is 16.7. The van der Waals surface area contributed by atoms with Crippen LogP contribution in [0.4, 0.5) is 0 Å². The van der Waals surface area contributed by atoms with Crippen LogP contribution in [0, 0.1) is 13.8 Å². The van der Waals surface area contributed by atoms with Crippen molar-refractivity contribution in [3.8, 4) is 22.4 Å². The molecular formula is C19H15ClN4. The van der Waals surface area contributed by atoms with Gasteiger partial charge in [-0.25, -0.2) is 9.97 Å². The maximum absolute atomic E-state index is 6.20. The van der Waals surface area contributed by atoms with E-state index in [-0.39, 0.29) is 0 Å². The number of pyridine rings is 1. The SMILES string of the molecule is Cc1cc(-c2c(-c3ccncc3)nc(C)n3ccnc23)ccc1Cl.